The summed E-state index contributed by atoms with van der Waals surface area (Å²) in [6.45, 7) is 6.42. The Morgan fingerprint density at radius 3 is 2.70 bits per heavy atom. The Kier molecular flexibility index (Phi) is 6.51. The van der Waals surface area contributed by atoms with Crippen molar-refractivity contribution < 1.29 is 9.47 Å². The minimum absolute atomic E-state index is 0.364. The van der Waals surface area contributed by atoms with E-state index in [2.05, 4.69) is 17.1 Å². The quantitative estimate of drug-likeness (QED) is 0.431. The third-order valence-corrected chi connectivity index (χ3v) is 3.14. The third kappa shape index (κ3) is 5.04. The molecule has 0 fully saturated rings. The summed E-state index contributed by atoms with van der Waals surface area (Å²) in [6, 6.07) is 13.3. The third-order valence-electron chi connectivity index (χ3n) is 2.86. The maximum atomic E-state index is 6.28. The number of anilines is 1. The zero-order valence-corrected chi connectivity index (χ0v) is 13.7. The van der Waals surface area contributed by atoms with Gasteiger partial charge in [0.2, 0.25) is 0 Å². The fraction of sp³-hybridized carbons (Fsp3) is 0.167. The van der Waals surface area contributed by atoms with Gasteiger partial charge in [0.25, 0.3) is 0 Å². The van der Waals surface area contributed by atoms with Crippen molar-refractivity contribution >= 4 is 23.5 Å². The Hall–Kier alpha value is -2.46. The van der Waals surface area contributed by atoms with Gasteiger partial charge in [0.15, 0.2) is 11.5 Å². The molecule has 23 heavy (non-hydrogen) atoms. The Morgan fingerprint density at radius 1 is 1.22 bits per heavy atom. The summed E-state index contributed by atoms with van der Waals surface area (Å²) in [5.41, 5.74) is 4.67. The number of nitrogens with one attached hydrogen (secondary N) is 1. The van der Waals surface area contributed by atoms with Gasteiger partial charge in [-0.2, -0.15) is 5.10 Å². The highest BCUT2D eigenvalue weighted by atomic mass is 35.5. The van der Waals surface area contributed by atoms with Crippen LogP contribution in [0, 0.1) is 0 Å². The fourth-order valence-corrected chi connectivity index (χ4v) is 2.18. The van der Waals surface area contributed by atoms with Crippen molar-refractivity contribution in [2.45, 2.75) is 6.92 Å². The van der Waals surface area contributed by atoms with E-state index in [1.807, 2.05) is 43.3 Å². The van der Waals surface area contributed by atoms with Crippen molar-refractivity contribution in [2.24, 2.45) is 5.10 Å². The molecule has 2 rings (SSSR count). The molecule has 1 N–H and O–H groups in total. The SMILES string of the molecule is C=CCOc1c(Cl)cc(C=NNc2ccccc2)cc1OCC. The smallest absolute Gasteiger partial charge is 0.180 e. The van der Waals surface area contributed by atoms with Gasteiger partial charge in [-0.25, -0.2) is 0 Å². The van der Waals surface area contributed by atoms with E-state index in [-0.39, 0.29) is 0 Å². The number of hydrogen-bond donors (Lipinski definition) is 1. The average molecular weight is 331 g/mol. The number of benzene rings is 2. The molecular weight excluding hydrogens is 312 g/mol. The van der Waals surface area contributed by atoms with Gasteiger partial charge in [0, 0.05) is 0 Å². The van der Waals surface area contributed by atoms with Crippen LogP contribution in [0.4, 0.5) is 5.69 Å². The molecule has 0 aliphatic rings. The Morgan fingerprint density at radius 2 is 2.00 bits per heavy atom. The van der Waals surface area contributed by atoms with E-state index < -0.39 is 0 Å². The Labute approximate surface area is 141 Å². The molecule has 0 aromatic heterocycles. The predicted octanol–water partition coefficient (Wildman–Crippen LogP) is 4.75. The Balaban J connectivity index is 2.17. The van der Waals surface area contributed by atoms with E-state index in [4.69, 9.17) is 21.1 Å². The van der Waals surface area contributed by atoms with Crippen LogP contribution in [0.1, 0.15) is 12.5 Å². The average Bonchev–Trinajstić information content (AvgIpc) is 2.55. The zero-order valence-electron chi connectivity index (χ0n) is 13.0. The first-order chi connectivity index (χ1) is 11.2. The van der Waals surface area contributed by atoms with E-state index in [1.165, 1.54) is 0 Å². The van der Waals surface area contributed by atoms with E-state index in [0.717, 1.165) is 11.3 Å². The first-order valence-corrected chi connectivity index (χ1v) is 7.66. The van der Waals surface area contributed by atoms with E-state index in [0.29, 0.717) is 29.7 Å². The number of halogens is 1. The summed E-state index contributed by atoms with van der Waals surface area (Å²) in [7, 11) is 0. The van der Waals surface area contributed by atoms with Crippen molar-refractivity contribution in [1.29, 1.82) is 0 Å². The van der Waals surface area contributed by atoms with Gasteiger partial charge in [-0.15, -0.1) is 0 Å². The molecule has 0 heterocycles. The second-order valence-corrected chi connectivity index (χ2v) is 5.01. The van der Waals surface area contributed by atoms with Crippen LogP contribution in [0.3, 0.4) is 0 Å². The van der Waals surface area contributed by atoms with Gasteiger partial charge in [-0.3, -0.25) is 5.43 Å². The largest absolute Gasteiger partial charge is 0.490 e. The molecule has 2 aromatic rings. The van der Waals surface area contributed by atoms with Crippen molar-refractivity contribution in [3.8, 4) is 11.5 Å². The molecule has 2 aromatic carbocycles. The summed E-state index contributed by atoms with van der Waals surface area (Å²) < 4.78 is 11.2. The van der Waals surface area contributed by atoms with Crippen LogP contribution in [0.25, 0.3) is 0 Å². The minimum Gasteiger partial charge on any atom is -0.490 e. The molecule has 0 radical (unpaired) electrons. The highest BCUT2D eigenvalue weighted by Crippen LogP contribution is 2.36. The van der Waals surface area contributed by atoms with Crippen LogP contribution in [-0.2, 0) is 0 Å². The van der Waals surface area contributed by atoms with E-state index >= 15 is 0 Å². The number of rotatable bonds is 8. The molecule has 0 amide bonds. The first kappa shape index (κ1) is 16.9. The standard InChI is InChI=1S/C18H19ClN2O2/c1-3-10-23-18-16(19)11-14(12-17(18)22-4-2)13-20-21-15-8-6-5-7-9-15/h3,5-9,11-13,21H,1,4,10H2,2H3. The molecule has 120 valence electrons. The maximum absolute atomic E-state index is 6.28. The molecule has 0 spiro atoms. The topological polar surface area (TPSA) is 42.8 Å². The lowest BCUT2D eigenvalue weighted by Gasteiger charge is -2.13. The van der Waals surface area contributed by atoms with Crippen molar-refractivity contribution in [3.63, 3.8) is 0 Å². The molecule has 0 saturated heterocycles. The monoisotopic (exact) mass is 330 g/mol. The van der Waals surface area contributed by atoms with Crippen molar-refractivity contribution in [2.75, 3.05) is 18.6 Å². The maximum Gasteiger partial charge on any atom is 0.180 e. The lowest BCUT2D eigenvalue weighted by molar-refractivity contribution is 0.297. The number of hydrogen-bond acceptors (Lipinski definition) is 4. The molecule has 0 saturated carbocycles. The van der Waals surface area contributed by atoms with Crippen LogP contribution in [0.15, 0.2) is 60.2 Å². The molecule has 0 unspecified atom stereocenters. The number of ether oxygens (including phenoxy) is 2. The number of para-hydroxylation sites is 1. The van der Waals surface area contributed by atoms with Gasteiger partial charge < -0.3 is 9.47 Å². The fourth-order valence-electron chi connectivity index (χ4n) is 1.90. The summed E-state index contributed by atoms with van der Waals surface area (Å²) in [6.07, 6.45) is 3.34. The highest BCUT2D eigenvalue weighted by molar-refractivity contribution is 6.32. The highest BCUT2D eigenvalue weighted by Gasteiger charge is 2.11. The summed E-state index contributed by atoms with van der Waals surface area (Å²) >= 11 is 6.28. The zero-order chi connectivity index (χ0) is 16.5. The normalized spacial score (nSPS) is 10.5. The molecule has 0 aliphatic carbocycles. The van der Waals surface area contributed by atoms with Crippen LogP contribution in [0.5, 0.6) is 11.5 Å². The van der Waals surface area contributed by atoms with Gasteiger partial charge in [0.05, 0.1) is 23.5 Å². The molecule has 5 heteroatoms. The number of nitrogens with zero attached hydrogens (tertiary/aromatic N) is 1. The number of hydrazone groups is 1. The van der Waals surface area contributed by atoms with Gasteiger partial charge >= 0.3 is 0 Å². The lowest BCUT2D eigenvalue weighted by Crippen LogP contribution is -2.01. The first-order valence-electron chi connectivity index (χ1n) is 7.28. The Bertz CT molecular complexity index is 672. The van der Waals surface area contributed by atoms with E-state index in [9.17, 15) is 0 Å². The second kappa shape index (κ2) is 8.86. The van der Waals surface area contributed by atoms with Crippen molar-refractivity contribution in [1.82, 2.24) is 0 Å². The molecule has 0 aliphatic heterocycles. The molecular formula is C18H19ClN2O2. The van der Waals surface area contributed by atoms with Gasteiger partial charge in [-0.1, -0.05) is 42.5 Å². The minimum atomic E-state index is 0.364. The van der Waals surface area contributed by atoms with Crippen molar-refractivity contribution in [3.05, 3.63) is 65.7 Å². The molecule has 0 atom stereocenters. The van der Waals surface area contributed by atoms with Crippen LogP contribution >= 0.6 is 11.6 Å². The van der Waals surface area contributed by atoms with Gasteiger partial charge in [-0.05, 0) is 36.8 Å². The van der Waals surface area contributed by atoms with Crippen LogP contribution in [-0.4, -0.2) is 19.4 Å². The molecule has 4 nitrogen and oxygen atoms in total. The van der Waals surface area contributed by atoms with Gasteiger partial charge in [0.1, 0.15) is 6.61 Å². The second-order valence-electron chi connectivity index (χ2n) is 4.60. The lowest BCUT2D eigenvalue weighted by atomic mass is 10.2. The van der Waals surface area contributed by atoms with E-state index in [1.54, 1.807) is 18.4 Å². The molecule has 0 bridgehead atoms. The summed E-state index contributed by atoms with van der Waals surface area (Å²) in [5, 5.41) is 4.67. The summed E-state index contributed by atoms with van der Waals surface area (Å²) in [5.74, 6) is 1.10. The van der Waals surface area contributed by atoms with Crippen LogP contribution < -0.4 is 14.9 Å². The summed E-state index contributed by atoms with van der Waals surface area (Å²) in [4.78, 5) is 0. The van der Waals surface area contributed by atoms with Crippen LogP contribution in [0.2, 0.25) is 5.02 Å². The predicted molar refractivity (Wildman–Crippen MR) is 96.0 cm³/mol.